The summed E-state index contributed by atoms with van der Waals surface area (Å²) in [5.74, 6) is 1.65. The Morgan fingerprint density at radius 2 is 1.92 bits per heavy atom. The van der Waals surface area contributed by atoms with E-state index in [1.54, 1.807) is 17.3 Å². The largest absolute Gasteiger partial charge is 0.314 e. The van der Waals surface area contributed by atoms with E-state index in [2.05, 4.69) is 26.6 Å². The van der Waals surface area contributed by atoms with Gasteiger partial charge in [0, 0.05) is 29.9 Å². The van der Waals surface area contributed by atoms with Gasteiger partial charge in [0.15, 0.2) is 5.82 Å². The molecule has 7 nitrogen and oxygen atoms in total. The number of carbonyl (C=O) groups excluding carboxylic acids is 1. The zero-order chi connectivity index (χ0) is 25.5. The molecule has 2 aromatic heterocycles. The third-order valence-corrected chi connectivity index (χ3v) is 7.14. The number of nitrogens with one attached hydrogen (secondary N) is 1. The Kier molecular flexibility index (Phi) is 6.04. The molecule has 1 amide bonds. The molecule has 1 N–H and O–H groups in total. The lowest BCUT2D eigenvalue weighted by molar-refractivity contribution is 0.0996. The molecule has 3 heterocycles. The van der Waals surface area contributed by atoms with Crippen LogP contribution in [0, 0.1) is 18.7 Å². The first kappa shape index (κ1) is 23.5. The summed E-state index contributed by atoms with van der Waals surface area (Å²) in [5, 5.41) is 11.8. The van der Waals surface area contributed by atoms with Crippen LogP contribution in [0.1, 0.15) is 46.9 Å². The second kappa shape index (κ2) is 9.52. The predicted molar refractivity (Wildman–Crippen MR) is 140 cm³/mol. The molecule has 6 rings (SSSR count). The molecule has 1 fully saturated rings. The van der Waals surface area contributed by atoms with Crippen molar-refractivity contribution in [1.82, 2.24) is 25.1 Å². The van der Waals surface area contributed by atoms with Gasteiger partial charge in [-0.2, -0.15) is 0 Å². The molecule has 1 saturated carbocycles. The van der Waals surface area contributed by atoms with E-state index >= 15 is 0 Å². The molecule has 2 aromatic carbocycles. The monoisotopic (exact) mass is 496 g/mol. The first-order chi connectivity index (χ1) is 18.0. The lowest BCUT2D eigenvalue weighted by Crippen LogP contribution is -2.25. The summed E-state index contributed by atoms with van der Waals surface area (Å²) < 4.78 is 16.1. The number of hydrogen-bond donors (Lipinski definition) is 1. The summed E-state index contributed by atoms with van der Waals surface area (Å²) >= 11 is 0. The molecule has 0 spiro atoms. The fraction of sp³-hybridized carbons (Fsp3) is 0.310. The number of aryl methyl sites for hydroxylation is 2. The summed E-state index contributed by atoms with van der Waals surface area (Å²) in [7, 11) is 0. The van der Waals surface area contributed by atoms with Crippen molar-refractivity contribution in [3.05, 3.63) is 83.1 Å². The molecule has 1 aliphatic carbocycles. The molecule has 188 valence electrons. The fourth-order valence-corrected chi connectivity index (χ4v) is 5.01. The predicted octanol–water partition coefficient (Wildman–Crippen LogP) is 5.13. The first-order valence-electron chi connectivity index (χ1n) is 12.8. The van der Waals surface area contributed by atoms with Gasteiger partial charge in [0.1, 0.15) is 18.0 Å². The van der Waals surface area contributed by atoms with Gasteiger partial charge in [-0.25, -0.2) is 9.37 Å². The molecule has 1 aliphatic heterocycles. The van der Waals surface area contributed by atoms with Gasteiger partial charge in [-0.15, -0.1) is 10.2 Å². The molecular weight excluding hydrogens is 467 g/mol. The maximum absolute atomic E-state index is 14.3. The van der Waals surface area contributed by atoms with E-state index in [-0.39, 0.29) is 11.7 Å². The summed E-state index contributed by atoms with van der Waals surface area (Å²) in [5.41, 5.74) is 5.88. The summed E-state index contributed by atoms with van der Waals surface area (Å²) in [6, 6.07) is 14.6. The standard InChI is InChI=1S/C29H29FN6O/c1-3-35-17-32-34-28(35)26-13-23(30)8-9-24(26)21-6-7-22-16-36(29(37)25(22)12-21)27-11-20(10-18(2)33-27)15-31-14-19-4-5-19/h6-13,17,19,31H,3-5,14-16H2,1-2H3. The van der Waals surface area contributed by atoms with Crippen LogP contribution in [0.2, 0.25) is 0 Å². The highest BCUT2D eigenvalue weighted by atomic mass is 19.1. The minimum absolute atomic E-state index is 0.0766. The number of carbonyl (C=O) groups is 1. The Bertz CT molecular complexity index is 1490. The van der Waals surface area contributed by atoms with Crippen molar-refractivity contribution in [2.24, 2.45) is 5.92 Å². The number of rotatable bonds is 8. The zero-order valence-corrected chi connectivity index (χ0v) is 21.0. The van der Waals surface area contributed by atoms with Gasteiger partial charge in [-0.3, -0.25) is 9.69 Å². The van der Waals surface area contributed by atoms with Gasteiger partial charge in [0.25, 0.3) is 5.91 Å². The molecule has 0 radical (unpaired) electrons. The minimum Gasteiger partial charge on any atom is -0.314 e. The van der Waals surface area contributed by atoms with Crippen LogP contribution in [0.25, 0.3) is 22.5 Å². The molecular formula is C29H29FN6O. The Morgan fingerprint density at radius 1 is 1.05 bits per heavy atom. The smallest absolute Gasteiger partial charge is 0.260 e. The summed E-state index contributed by atoms with van der Waals surface area (Å²) in [6.45, 7) is 6.89. The number of halogens is 1. The fourth-order valence-electron chi connectivity index (χ4n) is 5.01. The van der Waals surface area contributed by atoms with Gasteiger partial charge >= 0.3 is 0 Å². The highest BCUT2D eigenvalue weighted by Gasteiger charge is 2.30. The van der Waals surface area contributed by atoms with Crippen molar-refractivity contribution in [3.8, 4) is 22.5 Å². The van der Waals surface area contributed by atoms with Crippen molar-refractivity contribution in [1.29, 1.82) is 0 Å². The Morgan fingerprint density at radius 3 is 2.73 bits per heavy atom. The van der Waals surface area contributed by atoms with Crippen LogP contribution in [-0.2, 0) is 19.6 Å². The molecule has 8 heteroatoms. The summed E-state index contributed by atoms with van der Waals surface area (Å²) in [6.07, 6.45) is 4.27. The van der Waals surface area contributed by atoms with Crippen molar-refractivity contribution in [2.45, 2.75) is 46.3 Å². The molecule has 37 heavy (non-hydrogen) atoms. The van der Waals surface area contributed by atoms with Crippen molar-refractivity contribution in [2.75, 3.05) is 11.4 Å². The van der Waals surface area contributed by atoms with Crippen LogP contribution in [0.15, 0.2) is 54.9 Å². The van der Waals surface area contributed by atoms with E-state index in [4.69, 9.17) is 0 Å². The SMILES string of the molecule is CCn1cnnc1-c1cc(F)ccc1-c1ccc2c(c1)C(=O)N(c1cc(CNCC3CC3)cc(C)n1)C2. The van der Waals surface area contributed by atoms with Crippen LogP contribution in [0.3, 0.4) is 0 Å². The van der Waals surface area contributed by atoms with Gasteiger partial charge in [0.05, 0.1) is 6.54 Å². The lowest BCUT2D eigenvalue weighted by atomic mass is 9.96. The molecule has 4 aromatic rings. The van der Waals surface area contributed by atoms with E-state index in [0.29, 0.717) is 35.9 Å². The van der Waals surface area contributed by atoms with Gasteiger partial charge in [-0.05, 0) is 91.7 Å². The van der Waals surface area contributed by atoms with Gasteiger partial charge in [0.2, 0.25) is 0 Å². The number of fused-ring (bicyclic) bond motifs is 1. The van der Waals surface area contributed by atoms with E-state index in [9.17, 15) is 9.18 Å². The molecule has 0 atom stereocenters. The van der Waals surface area contributed by atoms with Gasteiger partial charge in [-0.1, -0.05) is 18.2 Å². The highest BCUT2D eigenvalue weighted by molar-refractivity contribution is 6.10. The highest BCUT2D eigenvalue weighted by Crippen LogP contribution is 2.36. The van der Waals surface area contributed by atoms with E-state index in [1.807, 2.05) is 42.7 Å². The zero-order valence-electron chi connectivity index (χ0n) is 21.0. The number of pyridine rings is 1. The number of hydrogen-bond acceptors (Lipinski definition) is 5. The number of aromatic nitrogens is 4. The number of nitrogens with zero attached hydrogens (tertiary/aromatic N) is 5. The molecule has 2 aliphatic rings. The van der Waals surface area contributed by atoms with E-state index < -0.39 is 0 Å². The average Bonchev–Trinajstić information content (AvgIpc) is 3.48. The normalized spacial score (nSPS) is 14.9. The molecule has 0 bridgehead atoms. The lowest BCUT2D eigenvalue weighted by Gasteiger charge is -2.17. The molecule has 0 unspecified atom stereocenters. The Balaban J connectivity index is 1.30. The summed E-state index contributed by atoms with van der Waals surface area (Å²) in [4.78, 5) is 20.0. The molecule has 0 saturated heterocycles. The van der Waals surface area contributed by atoms with Gasteiger partial charge < -0.3 is 9.88 Å². The van der Waals surface area contributed by atoms with Crippen LogP contribution in [-0.4, -0.2) is 32.2 Å². The first-order valence-corrected chi connectivity index (χ1v) is 12.8. The van der Waals surface area contributed by atoms with Crippen LogP contribution < -0.4 is 10.2 Å². The van der Waals surface area contributed by atoms with Crippen LogP contribution >= 0.6 is 0 Å². The third kappa shape index (κ3) is 4.64. The Labute approximate surface area is 215 Å². The average molecular weight is 497 g/mol. The van der Waals surface area contributed by atoms with Crippen molar-refractivity contribution in [3.63, 3.8) is 0 Å². The van der Waals surface area contributed by atoms with Crippen molar-refractivity contribution < 1.29 is 9.18 Å². The van der Waals surface area contributed by atoms with Crippen molar-refractivity contribution >= 4 is 11.7 Å². The topological polar surface area (TPSA) is 75.9 Å². The third-order valence-electron chi connectivity index (χ3n) is 7.14. The second-order valence-corrected chi connectivity index (χ2v) is 9.94. The second-order valence-electron chi connectivity index (χ2n) is 9.94. The number of anilines is 1. The van der Waals surface area contributed by atoms with Crippen LogP contribution in [0.5, 0.6) is 0 Å². The van der Waals surface area contributed by atoms with E-state index in [0.717, 1.165) is 47.0 Å². The maximum atomic E-state index is 14.3. The van der Waals surface area contributed by atoms with E-state index in [1.165, 1.54) is 25.0 Å². The quantitative estimate of drug-likeness (QED) is 0.366. The minimum atomic E-state index is -0.347. The Hall–Kier alpha value is -3.91. The number of amides is 1. The number of benzene rings is 2. The maximum Gasteiger partial charge on any atom is 0.260 e. The van der Waals surface area contributed by atoms with Crippen LogP contribution in [0.4, 0.5) is 10.2 Å².